The summed E-state index contributed by atoms with van der Waals surface area (Å²) in [5, 5.41) is 16.3. The van der Waals surface area contributed by atoms with Gasteiger partial charge in [0.2, 0.25) is 5.91 Å². The number of azide groups is 1. The normalized spacial score (nSPS) is 20.5. The van der Waals surface area contributed by atoms with E-state index in [1.165, 1.54) is 11.8 Å². The average Bonchev–Trinajstić information content (AvgIpc) is 3.06. The van der Waals surface area contributed by atoms with Gasteiger partial charge >= 0.3 is 6.09 Å². The summed E-state index contributed by atoms with van der Waals surface area (Å²) in [6.45, 7) is 1.74. The molecule has 0 aliphatic carbocycles. The average molecular weight is 424 g/mol. The fourth-order valence-corrected chi connectivity index (χ4v) is 3.57. The number of anilines is 2. The molecular weight excluding hydrogens is 402 g/mol. The van der Waals surface area contributed by atoms with E-state index in [2.05, 4.69) is 15.3 Å². The van der Waals surface area contributed by atoms with Crippen LogP contribution in [0.5, 0.6) is 0 Å². The van der Waals surface area contributed by atoms with Gasteiger partial charge in [-0.05, 0) is 18.4 Å². The third-order valence-electron chi connectivity index (χ3n) is 5.20. The maximum absolute atomic E-state index is 14.8. The lowest BCUT2D eigenvalue weighted by molar-refractivity contribution is -0.119. The van der Waals surface area contributed by atoms with E-state index in [1.54, 1.807) is 0 Å². The third kappa shape index (κ3) is 4.71. The van der Waals surface area contributed by atoms with Gasteiger partial charge in [-0.25, -0.2) is 13.6 Å². The van der Waals surface area contributed by atoms with Crippen LogP contribution < -0.4 is 15.1 Å². The number of cyclic esters (lactones) is 1. The molecule has 30 heavy (non-hydrogen) atoms. The molecule has 2 amide bonds. The predicted molar refractivity (Wildman–Crippen MR) is 103 cm³/mol. The van der Waals surface area contributed by atoms with Crippen LogP contribution in [0.4, 0.5) is 25.0 Å². The van der Waals surface area contributed by atoms with Crippen LogP contribution >= 0.6 is 0 Å². The lowest BCUT2D eigenvalue weighted by Crippen LogP contribution is -2.46. The number of rotatable bonds is 6. The van der Waals surface area contributed by atoms with E-state index in [0.717, 1.165) is 17.0 Å². The van der Waals surface area contributed by atoms with Gasteiger partial charge in [-0.3, -0.25) is 9.69 Å². The first-order chi connectivity index (χ1) is 14.2. The molecule has 3 rings (SSSR count). The maximum atomic E-state index is 14.8. The van der Waals surface area contributed by atoms with Crippen molar-refractivity contribution in [2.24, 2.45) is 5.11 Å². The number of hydrogen-bond acceptors (Lipinski definition) is 6. The number of benzene rings is 1. The van der Waals surface area contributed by atoms with Crippen LogP contribution in [-0.4, -0.2) is 61.5 Å². The van der Waals surface area contributed by atoms with Gasteiger partial charge in [0.05, 0.1) is 30.9 Å². The number of nitrogens with one attached hydrogen (secondary N) is 1. The Balaban J connectivity index is 1.71. The smallest absolute Gasteiger partial charge is 0.414 e. The molecule has 1 atom stereocenters. The highest BCUT2D eigenvalue weighted by molar-refractivity contribution is 5.90. The van der Waals surface area contributed by atoms with Crippen LogP contribution in [0.3, 0.4) is 0 Å². The van der Waals surface area contributed by atoms with Crippen LogP contribution in [0, 0.1) is 11.6 Å². The first-order valence-electron chi connectivity index (χ1n) is 9.42. The second-order valence-corrected chi connectivity index (χ2v) is 7.41. The SMILES string of the molecule is CC(=O)NCC1CN(c2cc(F)c(N3CCC(O)(CN=[N+]=[N-])CC3)c(F)c2)C(=O)O1. The third-order valence-corrected chi connectivity index (χ3v) is 5.20. The van der Waals surface area contributed by atoms with E-state index >= 15 is 0 Å². The summed E-state index contributed by atoms with van der Waals surface area (Å²) >= 11 is 0. The van der Waals surface area contributed by atoms with Gasteiger partial charge in [-0.2, -0.15) is 0 Å². The van der Waals surface area contributed by atoms with Crippen molar-refractivity contribution in [3.8, 4) is 0 Å². The van der Waals surface area contributed by atoms with Gasteiger partial charge in [0, 0.05) is 37.1 Å². The number of amides is 2. The van der Waals surface area contributed by atoms with E-state index in [4.69, 9.17) is 10.3 Å². The van der Waals surface area contributed by atoms with Gasteiger partial charge < -0.3 is 20.1 Å². The Morgan fingerprint density at radius 1 is 1.40 bits per heavy atom. The van der Waals surface area contributed by atoms with Crippen molar-refractivity contribution in [2.75, 3.05) is 42.5 Å². The van der Waals surface area contributed by atoms with Crippen molar-refractivity contribution in [1.29, 1.82) is 0 Å². The standard InChI is InChI=1S/C18H22F2N6O4/c1-11(27)22-8-13-9-26(17(28)30-13)12-6-14(19)16(15(20)7-12)25-4-2-18(29,3-5-25)10-23-24-21/h6-7,13,29H,2-5,8-10H2,1H3,(H,22,27). The molecule has 0 spiro atoms. The Morgan fingerprint density at radius 3 is 2.60 bits per heavy atom. The Bertz CT molecular complexity index is 860. The summed E-state index contributed by atoms with van der Waals surface area (Å²) in [6.07, 6.45) is -0.993. The van der Waals surface area contributed by atoms with Crippen LogP contribution in [0.2, 0.25) is 0 Å². The van der Waals surface area contributed by atoms with Gasteiger partial charge in [0.25, 0.3) is 0 Å². The molecule has 0 aromatic heterocycles. The van der Waals surface area contributed by atoms with Gasteiger partial charge in [0.1, 0.15) is 11.8 Å². The highest BCUT2D eigenvalue weighted by atomic mass is 19.1. The number of aliphatic hydroxyl groups is 1. The minimum absolute atomic E-state index is 0.0148. The van der Waals surface area contributed by atoms with Crippen molar-refractivity contribution in [2.45, 2.75) is 31.5 Å². The van der Waals surface area contributed by atoms with Crippen LogP contribution in [-0.2, 0) is 9.53 Å². The molecule has 0 radical (unpaired) electrons. The molecule has 0 saturated carbocycles. The van der Waals surface area contributed by atoms with Crippen LogP contribution in [0.25, 0.3) is 10.4 Å². The fraction of sp³-hybridized carbons (Fsp3) is 0.556. The van der Waals surface area contributed by atoms with Crippen molar-refractivity contribution in [3.63, 3.8) is 0 Å². The lowest BCUT2D eigenvalue weighted by atomic mass is 9.91. The lowest BCUT2D eigenvalue weighted by Gasteiger charge is -2.38. The summed E-state index contributed by atoms with van der Waals surface area (Å²) in [7, 11) is 0. The Kier molecular flexibility index (Phi) is 6.28. The summed E-state index contributed by atoms with van der Waals surface area (Å²) in [5.41, 5.74) is 6.98. The fourth-order valence-electron chi connectivity index (χ4n) is 3.57. The Morgan fingerprint density at radius 2 is 2.03 bits per heavy atom. The largest absolute Gasteiger partial charge is 0.442 e. The summed E-state index contributed by atoms with van der Waals surface area (Å²) in [6, 6.07) is 2.11. The number of carbonyl (C=O) groups is 2. The monoisotopic (exact) mass is 424 g/mol. The molecule has 1 unspecified atom stereocenters. The molecule has 12 heteroatoms. The van der Waals surface area contributed by atoms with E-state index in [-0.39, 0.29) is 62.8 Å². The minimum Gasteiger partial charge on any atom is -0.442 e. The number of halogens is 2. The first-order valence-corrected chi connectivity index (χ1v) is 9.42. The molecule has 2 aliphatic rings. The van der Waals surface area contributed by atoms with Crippen molar-refractivity contribution in [3.05, 3.63) is 34.2 Å². The van der Waals surface area contributed by atoms with E-state index in [9.17, 15) is 23.5 Å². The number of ether oxygens (including phenoxy) is 1. The first kappa shape index (κ1) is 21.6. The zero-order chi connectivity index (χ0) is 21.9. The van der Waals surface area contributed by atoms with Gasteiger partial charge in [-0.15, -0.1) is 0 Å². The molecule has 1 aromatic rings. The number of hydrogen-bond donors (Lipinski definition) is 2. The Labute approximate surface area is 171 Å². The molecule has 0 bridgehead atoms. The number of carbonyl (C=O) groups excluding carboxylic acids is 2. The zero-order valence-electron chi connectivity index (χ0n) is 16.3. The maximum Gasteiger partial charge on any atom is 0.414 e. The Hall–Kier alpha value is -3.11. The summed E-state index contributed by atoms with van der Waals surface area (Å²) < 4.78 is 34.7. The van der Waals surface area contributed by atoms with E-state index < -0.39 is 29.4 Å². The van der Waals surface area contributed by atoms with E-state index in [0.29, 0.717) is 0 Å². The summed E-state index contributed by atoms with van der Waals surface area (Å²) in [4.78, 5) is 28.3. The highest BCUT2D eigenvalue weighted by Gasteiger charge is 2.36. The molecule has 162 valence electrons. The predicted octanol–water partition coefficient (Wildman–Crippen LogP) is 2.07. The molecule has 1 aromatic carbocycles. The van der Waals surface area contributed by atoms with Gasteiger partial charge in [0.15, 0.2) is 11.6 Å². The van der Waals surface area contributed by atoms with Crippen LogP contribution in [0.1, 0.15) is 19.8 Å². The van der Waals surface area contributed by atoms with Crippen molar-refractivity contribution >= 4 is 23.4 Å². The molecule has 2 heterocycles. The van der Waals surface area contributed by atoms with Crippen LogP contribution in [0.15, 0.2) is 17.2 Å². The van der Waals surface area contributed by atoms with Crippen molar-refractivity contribution in [1.82, 2.24) is 5.32 Å². The number of nitrogens with zero attached hydrogens (tertiary/aromatic N) is 5. The quantitative estimate of drug-likeness (QED) is 0.410. The second-order valence-electron chi connectivity index (χ2n) is 7.41. The molecule has 10 nitrogen and oxygen atoms in total. The molecule has 2 aliphatic heterocycles. The molecule has 2 saturated heterocycles. The minimum atomic E-state index is -1.20. The second kappa shape index (κ2) is 8.72. The van der Waals surface area contributed by atoms with Crippen molar-refractivity contribution < 1.29 is 28.2 Å². The zero-order valence-corrected chi connectivity index (χ0v) is 16.3. The molecule has 2 N–H and O–H groups in total. The highest BCUT2D eigenvalue weighted by Crippen LogP contribution is 2.34. The topological polar surface area (TPSA) is 131 Å². The molecule has 2 fully saturated rings. The number of piperidine rings is 1. The van der Waals surface area contributed by atoms with Gasteiger partial charge in [-0.1, -0.05) is 5.11 Å². The summed E-state index contributed by atoms with van der Waals surface area (Å²) in [5.74, 6) is -1.97. The van der Waals surface area contributed by atoms with E-state index in [1.807, 2.05) is 0 Å². The molecular formula is C18H22F2N6O4.